The Balaban J connectivity index is 0.000000734. The van der Waals surface area contributed by atoms with E-state index >= 15 is 0 Å². The molecule has 3 aromatic heterocycles. The van der Waals surface area contributed by atoms with Gasteiger partial charge in [0.25, 0.3) is 0 Å². The number of aromatic hydroxyl groups is 1. The number of nitrogens with zero attached hydrogens (tertiary/aromatic N) is 5. The fourth-order valence-corrected chi connectivity index (χ4v) is 7.69. The number of methoxy groups -OCH3 is 2. The minimum absolute atomic E-state index is 0.0653. The van der Waals surface area contributed by atoms with E-state index in [9.17, 15) is 5.11 Å². The van der Waals surface area contributed by atoms with Gasteiger partial charge in [-0.25, -0.2) is 18.6 Å². The molecule has 0 radical (unpaired) electrons. The van der Waals surface area contributed by atoms with Crippen LogP contribution in [0.4, 0.5) is 0 Å². The van der Waals surface area contributed by atoms with Crippen molar-refractivity contribution in [1.82, 2.24) is 19.6 Å². The van der Waals surface area contributed by atoms with Crippen LogP contribution in [0.5, 0.6) is 17.2 Å². The molecule has 3 aliphatic rings. The number of phenolic OH excluding ortho intramolecular Hbond substituents is 1. The van der Waals surface area contributed by atoms with Crippen LogP contribution >= 0.6 is 0 Å². The number of phenols is 1. The Labute approximate surface area is 290 Å². The predicted octanol–water partition coefficient (Wildman–Crippen LogP) is 0.855. The number of fused-ring (bicyclic) bond motifs is 1. The van der Waals surface area contributed by atoms with Crippen molar-refractivity contribution >= 4 is 0 Å². The molecule has 2 unspecified atom stereocenters. The highest BCUT2D eigenvalue weighted by Crippen LogP contribution is 2.59. The van der Waals surface area contributed by atoms with E-state index in [0.717, 1.165) is 46.0 Å². The summed E-state index contributed by atoms with van der Waals surface area (Å²) in [6.45, 7) is 1.22. The van der Waals surface area contributed by atoms with Crippen molar-refractivity contribution in [2.24, 2.45) is 0 Å². The molecule has 0 amide bonds. The standard InChI is InChI=1S/C37H33N5O3.ClHO4/c1-44-28-11-6-25(7-12-28)23-41-34(16-18-38-41)37(35-17-19-39-42(35)24-26-8-13-29(45-2)14-9-26)22-33-30-15-10-27(43)21-31(30)36(37)32-5-3-4-20-40(32)33;2-1(3,4)5/h3-21,33,36H,22-24H2,1-2H3;(H,2,3,4,5). The molecule has 50 heavy (non-hydrogen) atoms. The predicted molar refractivity (Wildman–Crippen MR) is 169 cm³/mol. The van der Waals surface area contributed by atoms with Crippen LogP contribution in [0.15, 0.2) is 116 Å². The molecule has 5 heterocycles. The lowest BCUT2D eigenvalue weighted by Crippen LogP contribution is -2.68. The molecule has 9 rings (SSSR count). The van der Waals surface area contributed by atoms with Crippen molar-refractivity contribution in [3.05, 3.63) is 155 Å². The highest BCUT2D eigenvalue weighted by Gasteiger charge is 2.61. The van der Waals surface area contributed by atoms with Gasteiger partial charge in [-0.05, 0) is 71.3 Å². The molecular weight excluding hydrogens is 662 g/mol. The number of hydrogen-bond acceptors (Lipinski definition) is 9. The first-order chi connectivity index (χ1) is 24.1. The molecule has 0 saturated heterocycles. The third-order valence-corrected chi connectivity index (χ3v) is 9.63. The van der Waals surface area contributed by atoms with E-state index < -0.39 is 15.7 Å². The maximum Gasteiger partial charge on any atom is 0.190 e. The fourth-order valence-electron chi connectivity index (χ4n) is 7.69. The minimum Gasteiger partial charge on any atom is -0.508 e. The number of aromatic nitrogens is 5. The summed E-state index contributed by atoms with van der Waals surface area (Å²) >= 11 is 0. The van der Waals surface area contributed by atoms with Gasteiger partial charge in [0.1, 0.15) is 17.2 Å². The van der Waals surface area contributed by atoms with E-state index in [1.165, 1.54) is 11.3 Å². The summed E-state index contributed by atoms with van der Waals surface area (Å²) in [5.41, 5.74) is 7.59. The normalized spacial score (nSPS) is 16.9. The molecule has 0 spiro atoms. The molecule has 12 nitrogen and oxygen atoms in total. The van der Waals surface area contributed by atoms with Crippen molar-refractivity contribution in [2.75, 3.05) is 14.2 Å². The van der Waals surface area contributed by atoms with Gasteiger partial charge in [0, 0.05) is 36.5 Å². The van der Waals surface area contributed by atoms with E-state index in [1.54, 1.807) is 14.2 Å². The first kappa shape index (κ1) is 33.3. The average molecular weight is 696 g/mol. The van der Waals surface area contributed by atoms with Gasteiger partial charge in [-0.3, -0.25) is 9.36 Å². The van der Waals surface area contributed by atoms with E-state index in [0.29, 0.717) is 13.1 Å². The summed E-state index contributed by atoms with van der Waals surface area (Å²) in [6.07, 6.45) is 6.83. The van der Waals surface area contributed by atoms with Gasteiger partial charge in [0.05, 0.1) is 50.0 Å². The Bertz CT molecular complexity index is 2010. The van der Waals surface area contributed by atoms with Crippen LogP contribution in [0.2, 0.25) is 0 Å². The second kappa shape index (κ2) is 13.2. The molecule has 3 aromatic carbocycles. The largest absolute Gasteiger partial charge is 0.508 e. The van der Waals surface area contributed by atoms with Gasteiger partial charge in [-0.2, -0.15) is 14.8 Å². The molecular formula is C37H34ClN5O7. The molecule has 256 valence electrons. The average Bonchev–Trinajstić information content (AvgIpc) is 3.78. The smallest absolute Gasteiger partial charge is 0.190 e. The van der Waals surface area contributed by atoms with E-state index in [2.05, 4.69) is 80.8 Å². The Hall–Kier alpha value is -5.24. The summed E-state index contributed by atoms with van der Waals surface area (Å²) < 4.78 is 51.5. The number of hydrogen-bond donors (Lipinski definition) is 1. The van der Waals surface area contributed by atoms with Crippen LogP contribution in [0.3, 0.4) is 0 Å². The van der Waals surface area contributed by atoms with Gasteiger partial charge in [-0.15, -0.1) is 10.2 Å². The second-order valence-electron chi connectivity index (χ2n) is 12.3. The molecule has 1 aliphatic carbocycles. The van der Waals surface area contributed by atoms with Crippen LogP contribution in [0, 0.1) is 10.2 Å². The number of halogens is 1. The van der Waals surface area contributed by atoms with Crippen LogP contribution < -0.4 is 32.7 Å². The Morgan fingerprint density at radius 3 is 1.82 bits per heavy atom. The summed E-state index contributed by atoms with van der Waals surface area (Å²) in [6, 6.07) is 33.1. The highest BCUT2D eigenvalue weighted by atomic mass is 35.7. The summed E-state index contributed by atoms with van der Waals surface area (Å²) in [4.78, 5) is 0. The van der Waals surface area contributed by atoms with Crippen molar-refractivity contribution in [3.8, 4) is 17.2 Å². The lowest BCUT2D eigenvalue weighted by molar-refractivity contribution is -2.00. The van der Waals surface area contributed by atoms with E-state index in [4.69, 9.17) is 38.3 Å². The van der Waals surface area contributed by atoms with E-state index in [1.807, 2.05) is 48.8 Å². The van der Waals surface area contributed by atoms with E-state index in [-0.39, 0.29) is 17.7 Å². The van der Waals surface area contributed by atoms with Gasteiger partial charge < -0.3 is 14.6 Å². The maximum atomic E-state index is 10.8. The molecule has 2 atom stereocenters. The number of pyridine rings is 1. The SMILES string of the molecule is COc1ccc(Cn2nccc2C2(c3ccnn3Cc3ccc(OC)cc3)CC3c4ccc(O)cc4C2c2cccc[n+]23)cc1.[O-][Cl+3]([O-])([O-])[O-]. The van der Waals surface area contributed by atoms with Gasteiger partial charge in [0.2, 0.25) is 0 Å². The zero-order valence-electron chi connectivity index (χ0n) is 27.3. The fraction of sp³-hybridized carbons (Fsp3) is 0.216. The first-order valence-corrected chi connectivity index (χ1v) is 17.1. The Kier molecular flexibility index (Phi) is 8.80. The molecule has 2 bridgehead atoms. The maximum absolute atomic E-state index is 10.8. The second-order valence-corrected chi connectivity index (χ2v) is 13.0. The van der Waals surface area contributed by atoms with Gasteiger partial charge in [0.15, 0.2) is 17.9 Å². The topological polar surface area (TPSA) is 170 Å². The number of ether oxygens (including phenoxy) is 2. The molecule has 0 fully saturated rings. The van der Waals surface area contributed by atoms with Gasteiger partial charge in [-0.1, -0.05) is 30.3 Å². The molecule has 0 saturated carbocycles. The zero-order valence-corrected chi connectivity index (χ0v) is 28.0. The Morgan fingerprint density at radius 2 is 1.30 bits per heavy atom. The number of benzene rings is 3. The third-order valence-electron chi connectivity index (χ3n) is 9.63. The van der Waals surface area contributed by atoms with Crippen LogP contribution in [-0.2, 0) is 18.5 Å². The first-order valence-electron chi connectivity index (χ1n) is 15.8. The summed E-state index contributed by atoms with van der Waals surface area (Å²) in [7, 11) is -1.58. The van der Waals surface area contributed by atoms with Gasteiger partial charge >= 0.3 is 0 Å². The van der Waals surface area contributed by atoms with Crippen molar-refractivity contribution in [3.63, 3.8) is 0 Å². The van der Waals surface area contributed by atoms with Crippen LogP contribution in [-0.4, -0.2) is 38.9 Å². The summed E-state index contributed by atoms with van der Waals surface area (Å²) in [5.74, 6) is 1.83. The highest BCUT2D eigenvalue weighted by molar-refractivity contribution is 5.54. The quantitative estimate of drug-likeness (QED) is 0.227. The monoisotopic (exact) mass is 695 g/mol. The van der Waals surface area contributed by atoms with Crippen molar-refractivity contribution in [2.45, 2.75) is 36.9 Å². The van der Waals surface area contributed by atoms with Crippen molar-refractivity contribution in [1.29, 1.82) is 0 Å². The molecule has 6 aromatic rings. The molecule has 1 N–H and O–H groups in total. The molecule has 13 heteroatoms. The third kappa shape index (κ3) is 6.19. The van der Waals surface area contributed by atoms with Crippen LogP contribution in [0.25, 0.3) is 0 Å². The summed E-state index contributed by atoms with van der Waals surface area (Å²) in [5, 5.41) is 20.6. The lowest BCUT2D eigenvalue weighted by Gasteiger charge is -2.49. The minimum atomic E-state index is -4.94. The van der Waals surface area contributed by atoms with Crippen LogP contribution in [0.1, 0.15) is 57.7 Å². The Morgan fingerprint density at radius 1 is 0.760 bits per heavy atom. The lowest BCUT2D eigenvalue weighted by atomic mass is 9.55. The molecule has 2 aliphatic heterocycles. The van der Waals surface area contributed by atoms with Crippen molar-refractivity contribution < 1.29 is 48.0 Å². The number of rotatable bonds is 8. The zero-order chi connectivity index (χ0) is 35.0.